The lowest BCUT2D eigenvalue weighted by molar-refractivity contribution is -0.129. The number of aryl methyl sites for hydroxylation is 2. The van der Waals surface area contributed by atoms with Crippen LogP contribution in [0.2, 0.25) is 0 Å². The summed E-state index contributed by atoms with van der Waals surface area (Å²) in [4.78, 5) is 12.3. The van der Waals surface area contributed by atoms with Crippen molar-refractivity contribution in [2.45, 2.75) is 40.2 Å². The van der Waals surface area contributed by atoms with Crippen LogP contribution >= 0.6 is 0 Å². The predicted octanol–water partition coefficient (Wildman–Crippen LogP) is 1.47. The molecule has 1 amide bonds. The molecule has 0 bridgehead atoms. The highest BCUT2D eigenvalue weighted by Crippen LogP contribution is 2.27. The molecule has 1 aliphatic heterocycles. The van der Waals surface area contributed by atoms with Crippen LogP contribution < -0.4 is 10.6 Å². The van der Waals surface area contributed by atoms with Gasteiger partial charge in [0.15, 0.2) is 0 Å². The summed E-state index contributed by atoms with van der Waals surface area (Å²) in [5.41, 5.74) is 1.53. The van der Waals surface area contributed by atoms with Crippen molar-refractivity contribution >= 4 is 5.91 Å². The number of rotatable bonds is 3. The standard InChI is InChI=1S/C13H21N3O2/c1-8(11-9(2)16-18-10(11)3)15-12(17)13(4)5-6-14-7-13/h8,14H,5-7H2,1-4H3,(H,15,17). The van der Waals surface area contributed by atoms with E-state index in [1.165, 1.54) is 0 Å². The number of aromatic nitrogens is 1. The van der Waals surface area contributed by atoms with Gasteiger partial charge in [-0.05, 0) is 40.7 Å². The van der Waals surface area contributed by atoms with Crippen molar-refractivity contribution in [2.75, 3.05) is 13.1 Å². The normalized spacial score (nSPS) is 25.1. The maximum absolute atomic E-state index is 12.3. The van der Waals surface area contributed by atoms with E-state index in [0.717, 1.165) is 36.5 Å². The summed E-state index contributed by atoms with van der Waals surface area (Å²) in [6, 6.07) is -0.0684. The van der Waals surface area contributed by atoms with E-state index in [1.807, 2.05) is 27.7 Å². The molecule has 0 saturated carbocycles. The fourth-order valence-corrected chi connectivity index (χ4v) is 2.56. The zero-order valence-electron chi connectivity index (χ0n) is 11.5. The van der Waals surface area contributed by atoms with Crippen molar-refractivity contribution in [1.82, 2.24) is 15.8 Å². The summed E-state index contributed by atoms with van der Waals surface area (Å²) >= 11 is 0. The van der Waals surface area contributed by atoms with E-state index < -0.39 is 0 Å². The van der Waals surface area contributed by atoms with Gasteiger partial charge in [-0.25, -0.2) is 0 Å². The van der Waals surface area contributed by atoms with E-state index in [9.17, 15) is 4.79 Å². The summed E-state index contributed by atoms with van der Waals surface area (Å²) in [6.45, 7) is 9.39. The Morgan fingerprint density at radius 1 is 1.56 bits per heavy atom. The Morgan fingerprint density at radius 3 is 2.78 bits per heavy atom. The Bertz CT molecular complexity index is 428. The second kappa shape index (κ2) is 4.72. The molecule has 1 aromatic heterocycles. The Balaban J connectivity index is 2.08. The van der Waals surface area contributed by atoms with Crippen molar-refractivity contribution in [3.63, 3.8) is 0 Å². The summed E-state index contributed by atoms with van der Waals surface area (Å²) < 4.78 is 5.13. The van der Waals surface area contributed by atoms with Crippen LogP contribution in [0.25, 0.3) is 0 Å². The highest BCUT2D eigenvalue weighted by Gasteiger charge is 2.37. The van der Waals surface area contributed by atoms with Gasteiger partial charge in [-0.15, -0.1) is 0 Å². The van der Waals surface area contributed by atoms with Crippen LogP contribution in [-0.4, -0.2) is 24.2 Å². The van der Waals surface area contributed by atoms with Crippen LogP contribution in [0.1, 0.15) is 43.3 Å². The average Bonchev–Trinajstić information content (AvgIpc) is 2.87. The average molecular weight is 251 g/mol. The minimum Gasteiger partial charge on any atom is -0.361 e. The third-order valence-corrected chi connectivity index (χ3v) is 3.79. The molecule has 1 fully saturated rings. The fourth-order valence-electron chi connectivity index (χ4n) is 2.56. The van der Waals surface area contributed by atoms with Gasteiger partial charge in [0.2, 0.25) is 5.91 Å². The zero-order chi connectivity index (χ0) is 13.3. The molecule has 2 heterocycles. The minimum atomic E-state index is -0.298. The van der Waals surface area contributed by atoms with Gasteiger partial charge < -0.3 is 15.2 Å². The number of nitrogens with one attached hydrogen (secondary N) is 2. The van der Waals surface area contributed by atoms with Crippen LogP contribution in [0.3, 0.4) is 0 Å². The molecule has 1 aliphatic rings. The molecule has 1 aromatic rings. The largest absolute Gasteiger partial charge is 0.361 e. The topological polar surface area (TPSA) is 67.2 Å². The van der Waals surface area contributed by atoms with Gasteiger partial charge in [0.1, 0.15) is 5.76 Å². The van der Waals surface area contributed by atoms with Crippen LogP contribution in [0.4, 0.5) is 0 Å². The van der Waals surface area contributed by atoms with Crippen LogP contribution in [0.15, 0.2) is 4.52 Å². The van der Waals surface area contributed by atoms with Crippen LogP contribution in [-0.2, 0) is 4.79 Å². The minimum absolute atomic E-state index is 0.0684. The number of carbonyl (C=O) groups excluding carboxylic acids is 1. The van der Waals surface area contributed by atoms with E-state index in [2.05, 4.69) is 15.8 Å². The molecular weight excluding hydrogens is 230 g/mol. The predicted molar refractivity (Wildman–Crippen MR) is 68.1 cm³/mol. The summed E-state index contributed by atoms with van der Waals surface area (Å²) in [5.74, 6) is 0.870. The Hall–Kier alpha value is -1.36. The Kier molecular flexibility index (Phi) is 3.43. The highest BCUT2D eigenvalue weighted by atomic mass is 16.5. The van der Waals surface area contributed by atoms with Gasteiger partial charge in [-0.1, -0.05) is 5.16 Å². The quantitative estimate of drug-likeness (QED) is 0.853. The first kappa shape index (κ1) is 13.1. The van der Waals surface area contributed by atoms with E-state index in [4.69, 9.17) is 4.52 Å². The van der Waals surface area contributed by atoms with Gasteiger partial charge in [-0.3, -0.25) is 4.79 Å². The molecule has 0 spiro atoms. The van der Waals surface area contributed by atoms with Gasteiger partial charge in [0.25, 0.3) is 0 Å². The number of amides is 1. The van der Waals surface area contributed by atoms with Crippen molar-refractivity contribution in [3.8, 4) is 0 Å². The summed E-state index contributed by atoms with van der Waals surface area (Å²) in [5, 5.41) is 10.2. The summed E-state index contributed by atoms with van der Waals surface area (Å²) in [6.07, 6.45) is 0.882. The van der Waals surface area contributed by atoms with Gasteiger partial charge in [0, 0.05) is 12.1 Å². The highest BCUT2D eigenvalue weighted by molar-refractivity contribution is 5.83. The smallest absolute Gasteiger partial charge is 0.227 e. The van der Waals surface area contributed by atoms with Crippen molar-refractivity contribution in [2.24, 2.45) is 5.41 Å². The lowest BCUT2D eigenvalue weighted by Gasteiger charge is -2.24. The van der Waals surface area contributed by atoms with E-state index >= 15 is 0 Å². The molecule has 1 saturated heterocycles. The van der Waals surface area contributed by atoms with Gasteiger partial charge in [0.05, 0.1) is 17.2 Å². The monoisotopic (exact) mass is 251 g/mol. The van der Waals surface area contributed by atoms with Crippen LogP contribution in [0, 0.1) is 19.3 Å². The molecule has 2 unspecified atom stereocenters. The Morgan fingerprint density at radius 2 is 2.28 bits per heavy atom. The second-order valence-electron chi connectivity index (χ2n) is 5.42. The number of hydrogen-bond donors (Lipinski definition) is 2. The molecule has 100 valence electrons. The lowest BCUT2D eigenvalue weighted by atomic mass is 9.88. The first-order chi connectivity index (χ1) is 8.44. The van der Waals surface area contributed by atoms with Crippen molar-refractivity contribution < 1.29 is 9.32 Å². The maximum atomic E-state index is 12.3. The third kappa shape index (κ3) is 2.27. The fraction of sp³-hybridized carbons (Fsp3) is 0.692. The molecule has 0 aliphatic carbocycles. The molecule has 2 N–H and O–H groups in total. The van der Waals surface area contributed by atoms with Crippen LogP contribution in [0.5, 0.6) is 0 Å². The molecule has 2 atom stereocenters. The SMILES string of the molecule is Cc1noc(C)c1C(C)NC(=O)C1(C)CCNC1. The van der Waals surface area contributed by atoms with E-state index in [-0.39, 0.29) is 17.4 Å². The lowest BCUT2D eigenvalue weighted by Crippen LogP contribution is -2.41. The van der Waals surface area contributed by atoms with Gasteiger partial charge in [-0.2, -0.15) is 0 Å². The molecule has 0 aromatic carbocycles. The maximum Gasteiger partial charge on any atom is 0.227 e. The van der Waals surface area contributed by atoms with Crippen molar-refractivity contribution in [3.05, 3.63) is 17.0 Å². The molecule has 2 rings (SSSR count). The molecular formula is C13H21N3O2. The van der Waals surface area contributed by atoms with E-state index in [0.29, 0.717) is 0 Å². The van der Waals surface area contributed by atoms with Gasteiger partial charge >= 0.3 is 0 Å². The number of nitrogens with zero attached hydrogens (tertiary/aromatic N) is 1. The number of hydrogen-bond acceptors (Lipinski definition) is 4. The van der Waals surface area contributed by atoms with E-state index in [1.54, 1.807) is 0 Å². The number of carbonyl (C=O) groups is 1. The third-order valence-electron chi connectivity index (χ3n) is 3.79. The molecule has 5 nitrogen and oxygen atoms in total. The first-order valence-corrected chi connectivity index (χ1v) is 6.38. The molecule has 18 heavy (non-hydrogen) atoms. The first-order valence-electron chi connectivity index (χ1n) is 6.38. The molecule has 0 radical (unpaired) electrons. The molecule has 5 heteroatoms. The summed E-state index contributed by atoms with van der Waals surface area (Å²) in [7, 11) is 0. The second-order valence-corrected chi connectivity index (χ2v) is 5.42. The Labute approximate surface area is 107 Å². The van der Waals surface area contributed by atoms with Crippen molar-refractivity contribution in [1.29, 1.82) is 0 Å². The zero-order valence-corrected chi connectivity index (χ0v) is 11.5.